The quantitative estimate of drug-likeness (QED) is 0.0469. The molecule has 0 bridgehead atoms. The number of unbranched alkanes of at least 4 members (excludes halogenated alkanes) is 17. The Balaban J connectivity index is 4.01. The molecule has 11 heteroatoms. The molecule has 0 aromatic carbocycles. The maximum atomic E-state index is 12.3. The summed E-state index contributed by atoms with van der Waals surface area (Å²) in [7, 11) is -4.75. The van der Waals surface area contributed by atoms with Gasteiger partial charge >= 0.3 is 19.8 Å². The number of ether oxygens (including phenoxy) is 2. The van der Waals surface area contributed by atoms with Crippen LogP contribution in [0.1, 0.15) is 149 Å². The highest BCUT2D eigenvalue weighted by molar-refractivity contribution is 7.46. The Labute approximate surface area is 248 Å². The lowest BCUT2D eigenvalue weighted by Gasteiger charge is -2.18. The fourth-order valence-corrected chi connectivity index (χ4v) is 4.81. The van der Waals surface area contributed by atoms with E-state index in [1.54, 1.807) is 0 Å². The summed E-state index contributed by atoms with van der Waals surface area (Å²) in [5, 5.41) is 2.79. The number of amides is 1. The summed E-state index contributed by atoms with van der Waals surface area (Å²) in [6.45, 7) is 3.61. The van der Waals surface area contributed by atoms with Gasteiger partial charge in [-0.25, -0.2) is 4.57 Å². The summed E-state index contributed by atoms with van der Waals surface area (Å²) < 4.78 is 26.1. The van der Waals surface area contributed by atoms with Gasteiger partial charge in [-0.15, -0.1) is 0 Å². The molecular formula is C30H58NO9P. The first kappa shape index (κ1) is 39.5. The average molecular weight is 608 g/mol. The van der Waals surface area contributed by atoms with Gasteiger partial charge in [0.05, 0.1) is 6.61 Å². The van der Waals surface area contributed by atoms with Crippen LogP contribution in [0.2, 0.25) is 0 Å². The third-order valence-electron chi connectivity index (χ3n) is 6.82. The molecule has 10 nitrogen and oxygen atoms in total. The Bertz CT molecular complexity index is 714. The Morgan fingerprint density at radius 3 is 1.56 bits per heavy atom. The third kappa shape index (κ3) is 31.3. The predicted molar refractivity (Wildman–Crippen MR) is 160 cm³/mol. The van der Waals surface area contributed by atoms with Gasteiger partial charge in [0.15, 0.2) is 6.10 Å². The molecule has 0 aliphatic rings. The summed E-state index contributed by atoms with van der Waals surface area (Å²) in [6.07, 6.45) is 20.2. The number of carbonyl (C=O) groups is 3. The summed E-state index contributed by atoms with van der Waals surface area (Å²) in [6, 6.07) is 0. The second-order valence-corrected chi connectivity index (χ2v) is 12.2. The van der Waals surface area contributed by atoms with Gasteiger partial charge < -0.3 is 24.6 Å². The minimum atomic E-state index is -4.75. The lowest BCUT2D eigenvalue weighted by atomic mass is 10.1. The molecule has 0 unspecified atom stereocenters. The van der Waals surface area contributed by atoms with Crippen LogP contribution in [0, 0.1) is 0 Å². The van der Waals surface area contributed by atoms with Crippen LogP contribution in [0.3, 0.4) is 0 Å². The average Bonchev–Trinajstić information content (AvgIpc) is 2.91. The van der Waals surface area contributed by atoms with Crippen LogP contribution in [0.5, 0.6) is 0 Å². The molecular weight excluding hydrogens is 549 g/mol. The SMILES string of the molecule is CCCCCCCCCCCCCC(=O)O[C@H](COC(=O)CCCCCCCCCCNC(C)=O)COP(=O)(O)O. The van der Waals surface area contributed by atoms with E-state index in [4.69, 9.17) is 19.3 Å². The van der Waals surface area contributed by atoms with Gasteiger partial charge in [-0.1, -0.05) is 110 Å². The van der Waals surface area contributed by atoms with Crippen LogP contribution < -0.4 is 5.32 Å². The Hall–Kier alpha value is -1.48. The predicted octanol–water partition coefficient (Wildman–Crippen LogP) is 6.90. The first-order valence-electron chi connectivity index (χ1n) is 15.9. The monoisotopic (exact) mass is 607 g/mol. The van der Waals surface area contributed by atoms with E-state index in [1.807, 2.05) is 0 Å². The minimum Gasteiger partial charge on any atom is -0.462 e. The highest BCUT2D eigenvalue weighted by Crippen LogP contribution is 2.35. The Morgan fingerprint density at radius 2 is 1.10 bits per heavy atom. The number of hydrogen-bond donors (Lipinski definition) is 3. The molecule has 0 rings (SSSR count). The molecule has 0 aliphatic carbocycles. The van der Waals surface area contributed by atoms with E-state index < -0.39 is 32.5 Å². The van der Waals surface area contributed by atoms with Gasteiger partial charge in [0, 0.05) is 26.3 Å². The molecule has 0 radical (unpaired) electrons. The number of esters is 2. The second kappa shape index (κ2) is 27.4. The van der Waals surface area contributed by atoms with E-state index >= 15 is 0 Å². The molecule has 0 aliphatic heterocycles. The van der Waals surface area contributed by atoms with Gasteiger partial charge in [0.2, 0.25) is 5.91 Å². The Morgan fingerprint density at radius 1 is 0.659 bits per heavy atom. The highest BCUT2D eigenvalue weighted by Gasteiger charge is 2.22. The van der Waals surface area contributed by atoms with E-state index in [0.29, 0.717) is 12.8 Å². The van der Waals surface area contributed by atoms with Crippen molar-refractivity contribution in [2.45, 2.75) is 155 Å². The van der Waals surface area contributed by atoms with Crippen molar-refractivity contribution in [2.24, 2.45) is 0 Å². The van der Waals surface area contributed by atoms with Crippen LogP contribution in [-0.4, -0.2) is 53.5 Å². The van der Waals surface area contributed by atoms with E-state index in [1.165, 1.54) is 51.9 Å². The second-order valence-electron chi connectivity index (χ2n) is 10.9. The Kier molecular flexibility index (Phi) is 26.4. The standard InChI is InChI=1S/C30H58NO9P/c1-3-4-5-6-7-8-9-10-14-17-20-23-30(34)40-28(26-39-41(35,36)37)25-38-29(33)22-19-16-13-11-12-15-18-21-24-31-27(2)32/h28H,3-26H2,1-2H3,(H,31,32)(H2,35,36,37)/t28-/m1/s1. The number of carbonyl (C=O) groups excluding carboxylic acids is 3. The third-order valence-corrected chi connectivity index (χ3v) is 7.31. The number of nitrogens with one attached hydrogen (secondary N) is 1. The van der Waals surface area contributed by atoms with Crippen molar-refractivity contribution in [1.82, 2.24) is 5.32 Å². The molecule has 41 heavy (non-hydrogen) atoms. The van der Waals surface area contributed by atoms with Gasteiger partial charge in [0.25, 0.3) is 0 Å². The van der Waals surface area contributed by atoms with Crippen molar-refractivity contribution in [2.75, 3.05) is 19.8 Å². The molecule has 0 saturated carbocycles. The van der Waals surface area contributed by atoms with Crippen molar-refractivity contribution in [1.29, 1.82) is 0 Å². The molecule has 1 atom stereocenters. The minimum absolute atomic E-state index is 0.00402. The van der Waals surface area contributed by atoms with Gasteiger partial charge in [-0.2, -0.15) is 0 Å². The van der Waals surface area contributed by atoms with Crippen LogP contribution in [0.15, 0.2) is 0 Å². The van der Waals surface area contributed by atoms with Crippen LogP contribution in [0.25, 0.3) is 0 Å². The van der Waals surface area contributed by atoms with Crippen molar-refractivity contribution >= 4 is 25.7 Å². The molecule has 242 valence electrons. The normalized spacial score (nSPS) is 12.2. The number of phosphoric ester groups is 1. The topological polar surface area (TPSA) is 148 Å². The summed E-state index contributed by atoms with van der Waals surface area (Å²) >= 11 is 0. The fourth-order valence-electron chi connectivity index (χ4n) is 4.45. The molecule has 0 saturated heterocycles. The van der Waals surface area contributed by atoms with Crippen molar-refractivity contribution < 1.29 is 42.7 Å². The number of rotatable bonds is 29. The van der Waals surface area contributed by atoms with E-state index in [-0.39, 0.29) is 25.4 Å². The smallest absolute Gasteiger partial charge is 0.462 e. The van der Waals surface area contributed by atoms with Crippen molar-refractivity contribution in [3.05, 3.63) is 0 Å². The summed E-state index contributed by atoms with van der Waals surface area (Å²) in [5.74, 6) is -0.929. The van der Waals surface area contributed by atoms with Gasteiger partial charge in [-0.05, 0) is 19.3 Å². The lowest BCUT2D eigenvalue weighted by molar-refractivity contribution is -0.161. The largest absolute Gasteiger partial charge is 0.469 e. The maximum absolute atomic E-state index is 12.3. The molecule has 0 aromatic rings. The molecule has 0 fully saturated rings. The van der Waals surface area contributed by atoms with E-state index in [9.17, 15) is 18.9 Å². The summed E-state index contributed by atoms with van der Waals surface area (Å²) in [4.78, 5) is 53.2. The summed E-state index contributed by atoms with van der Waals surface area (Å²) in [5.41, 5.74) is 0. The van der Waals surface area contributed by atoms with Crippen molar-refractivity contribution in [3.63, 3.8) is 0 Å². The molecule has 0 heterocycles. The van der Waals surface area contributed by atoms with Crippen molar-refractivity contribution in [3.8, 4) is 0 Å². The highest BCUT2D eigenvalue weighted by atomic mass is 31.2. The van der Waals surface area contributed by atoms with Gasteiger partial charge in [0.1, 0.15) is 6.61 Å². The zero-order chi connectivity index (χ0) is 30.6. The molecule has 0 aromatic heterocycles. The van der Waals surface area contributed by atoms with Crippen LogP contribution in [-0.2, 0) is 32.9 Å². The molecule has 0 spiro atoms. The maximum Gasteiger partial charge on any atom is 0.469 e. The van der Waals surface area contributed by atoms with E-state index in [2.05, 4.69) is 16.8 Å². The fraction of sp³-hybridized carbons (Fsp3) is 0.900. The molecule has 3 N–H and O–H groups in total. The number of phosphoric acid groups is 1. The first-order valence-corrected chi connectivity index (χ1v) is 17.5. The number of hydrogen-bond acceptors (Lipinski definition) is 7. The van der Waals surface area contributed by atoms with Crippen LogP contribution >= 0.6 is 7.82 Å². The van der Waals surface area contributed by atoms with Crippen LogP contribution in [0.4, 0.5) is 0 Å². The lowest BCUT2D eigenvalue weighted by Crippen LogP contribution is -2.29. The zero-order valence-electron chi connectivity index (χ0n) is 25.7. The zero-order valence-corrected chi connectivity index (χ0v) is 26.6. The van der Waals surface area contributed by atoms with Gasteiger partial charge in [-0.3, -0.25) is 18.9 Å². The molecule has 1 amide bonds. The van der Waals surface area contributed by atoms with E-state index in [0.717, 1.165) is 70.8 Å². The first-order chi connectivity index (χ1) is 19.6.